The fourth-order valence-corrected chi connectivity index (χ4v) is 4.51. The van der Waals surface area contributed by atoms with Gasteiger partial charge in [-0.05, 0) is 51.9 Å². The third-order valence-electron chi connectivity index (χ3n) is 6.50. The van der Waals surface area contributed by atoms with E-state index in [-0.39, 0.29) is 5.56 Å². The number of hydrogen-bond donors (Lipinski definition) is 0. The number of rotatable bonds is 3. The normalized spacial score (nSPS) is 17.5. The Balaban J connectivity index is 1.59. The Kier molecular flexibility index (Phi) is 4.97. The van der Waals surface area contributed by atoms with Crippen LogP contribution in [0, 0.1) is 13.8 Å². The van der Waals surface area contributed by atoms with Crippen LogP contribution in [0.1, 0.15) is 30.8 Å². The third-order valence-corrected chi connectivity index (χ3v) is 6.50. The van der Waals surface area contributed by atoms with E-state index in [1.54, 1.807) is 10.5 Å². The van der Waals surface area contributed by atoms with E-state index in [1.165, 1.54) is 0 Å². The van der Waals surface area contributed by atoms with Crippen molar-refractivity contribution < 1.29 is 0 Å². The van der Waals surface area contributed by atoms with E-state index >= 15 is 0 Å². The van der Waals surface area contributed by atoms with Crippen LogP contribution in [0.5, 0.6) is 0 Å². The van der Waals surface area contributed by atoms with Gasteiger partial charge in [0.2, 0.25) is 0 Å². The summed E-state index contributed by atoms with van der Waals surface area (Å²) >= 11 is 0. The molecule has 1 aliphatic heterocycles. The van der Waals surface area contributed by atoms with Crippen molar-refractivity contribution in [2.24, 2.45) is 0 Å². The molecule has 1 fully saturated rings. The highest BCUT2D eigenvalue weighted by molar-refractivity contribution is 5.67. The van der Waals surface area contributed by atoms with Crippen molar-refractivity contribution in [1.29, 1.82) is 0 Å². The molecule has 0 aliphatic carbocycles. The molecular formula is C24H29N7O. The Morgan fingerprint density at radius 1 is 1.06 bits per heavy atom. The number of aromatic nitrogens is 5. The number of pyridine rings is 1. The van der Waals surface area contributed by atoms with Crippen LogP contribution in [0.4, 0.5) is 5.69 Å². The molecule has 4 aromatic heterocycles. The van der Waals surface area contributed by atoms with E-state index < -0.39 is 0 Å². The number of piperazine rings is 1. The van der Waals surface area contributed by atoms with E-state index in [0.717, 1.165) is 54.2 Å². The van der Waals surface area contributed by atoms with Crippen LogP contribution in [0.15, 0.2) is 35.4 Å². The molecule has 8 nitrogen and oxygen atoms in total. The smallest absolute Gasteiger partial charge is 0.258 e. The van der Waals surface area contributed by atoms with Crippen LogP contribution in [-0.2, 0) is 6.42 Å². The molecule has 0 aromatic carbocycles. The number of hydrogen-bond acceptors (Lipinski definition) is 6. The first-order valence-corrected chi connectivity index (χ1v) is 11.2. The minimum atomic E-state index is -0.0980. The van der Waals surface area contributed by atoms with Crippen molar-refractivity contribution in [3.8, 4) is 11.4 Å². The monoisotopic (exact) mass is 431 g/mol. The lowest BCUT2D eigenvalue weighted by atomic mass is 10.1. The average Bonchev–Trinajstić information content (AvgIpc) is 3.19. The van der Waals surface area contributed by atoms with Gasteiger partial charge in [0.1, 0.15) is 11.3 Å². The Labute approximate surface area is 187 Å². The van der Waals surface area contributed by atoms with Crippen molar-refractivity contribution in [2.45, 2.75) is 40.2 Å². The van der Waals surface area contributed by atoms with E-state index in [4.69, 9.17) is 4.98 Å². The lowest BCUT2D eigenvalue weighted by molar-refractivity contribution is 0.234. The summed E-state index contributed by atoms with van der Waals surface area (Å²) < 4.78 is 3.50. The molecule has 0 N–H and O–H groups in total. The van der Waals surface area contributed by atoms with Crippen molar-refractivity contribution in [1.82, 2.24) is 28.9 Å². The van der Waals surface area contributed by atoms with Crippen LogP contribution in [-0.4, -0.2) is 61.6 Å². The summed E-state index contributed by atoms with van der Waals surface area (Å²) in [6.45, 7) is 11.2. The second kappa shape index (κ2) is 7.70. The number of fused-ring (bicyclic) bond motifs is 2. The Hall–Kier alpha value is -3.26. The molecule has 32 heavy (non-hydrogen) atoms. The van der Waals surface area contributed by atoms with Crippen molar-refractivity contribution in [3.05, 3.63) is 57.9 Å². The summed E-state index contributed by atoms with van der Waals surface area (Å²) in [5, 5.41) is 4.69. The van der Waals surface area contributed by atoms with Gasteiger partial charge in [-0.1, -0.05) is 6.92 Å². The van der Waals surface area contributed by atoms with E-state index in [1.807, 2.05) is 36.8 Å². The van der Waals surface area contributed by atoms with Crippen LogP contribution >= 0.6 is 0 Å². The summed E-state index contributed by atoms with van der Waals surface area (Å²) in [4.78, 5) is 27.3. The Morgan fingerprint density at radius 2 is 1.88 bits per heavy atom. The topological polar surface area (TPSA) is 71.0 Å². The predicted molar refractivity (Wildman–Crippen MR) is 127 cm³/mol. The first-order valence-electron chi connectivity index (χ1n) is 11.2. The van der Waals surface area contributed by atoms with Crippen LogP contribution in [0.25, 0.3) is 22.6 Å². The summed E-state index contributed by atoms with van der Waals surface area (Å²) in [5.74, 6) is 0. The zero-order valence-electron chi connectivity index (χ0n) is 19.3. The predicted octanol–water partition coefficient (Wildman–Crippen LogP) is 2.72. The fourth-order valence-electron chi connectivity index (χ4n) is 4.51. The first kappa shape index (κ1) is 20.6. The number of aryl methyl sites for hydroxylation is 3. The standard InChI is InChI=1S/C24H29N7O/c1-6-19-22-10-21(27-31(22)12-16(3)25-19)20-11-23(32)30-14-18(9-15(2)24(30)26-20)29-8-7-28(5)17(4)13-29/h9-12,14,17H,6-8,13H2,1-5H3/t17-/m0/s1. The summed E-state index contributed by atoms with van der Waals surface area (Å²) in [6, 6.07) is 6.16. The van der Waals surface area contributed by atoms with Gasteiger partial charge in [-0.2, -0.15) is 5.10 Å². The molecule has 166 valence electrons. The Morgan fingerprint density at radius 3 is 2.62 bits per heavy atom. The van der Waals surface area contributed by atoms with Gasteiger partial charge in [-0.15, -0.1) is 0 Å². The van der Waals surface area contributed by atoms with E-state index in [9.17, 15) is 4.79 Å². The van der Waals surface area contributed by atoms with Gasteiger partial charge in [0.15, 0.2) is 0 Å². The fraction of sp³-hybridized carbons (Fsp3) is 0.417. The largest absolute Gasteiger partial charge is 0.367 e. The molecule has 8 heteroatoms. The highest BCUT2D eigenvalue weighted by Gasteiger charge is 2.22. The SMILES string of the molecule is CCc1nc(C)cn2nc(-c3cc(=O)n4cc(N5CCN(C)[C@@H](C)C5)cc(C)c4n3)cc12. The summed E-state index contributed by atoms with van der Waals surface area (Å²) in [5.41, 5.74) is 6.73. The molecule has 1 atom stereocenters. The first-order chi connectivity index (χ1) is 15.3. The average molecular weight is 432 g/mol. The van der Waals surface area contributed by atoms with Crippen LogP contribution in [0.3, 0.4) is 0 Å². The molecule has 1 aliphatic rings. The molecular weight excluding hydrogens is 402 g/mol. The number of nitrogens with zero attached hydrogens (tertiary/aromatic N) is 7. The van der Waals surface area contributed by atoms with Gasteiger partial charge in [0.05, 0.1) is 34.5 Å². The molecule has 1 saturated heterocycles. The molecule has 0 amide bonds. The van der Waals surface area contributed by atoms with Crippen LogP contribution in [0.2, 0.25) is 0 Å². The van der Waals surface area contributed by atoms with Gasteiger partial charge in [0, 0.05) is 37.9 Å². The second-order valence-electron chi connectivity index (χ2n) is 8.87. The zero-order valence-corrected chi connectivity index (χ0v) is 19.3. The second-order valence-corrected chi connectivity index (χ2v) is 8.87. The van der Waals surface area contributed by atoms with Gasteiger partial charge < -0.3 is 9.80 Å². The van der Waals surface area contributed by atoms with Crippen molar-refractivity contribution in [3.63, 3.8) is 0 Å². The number of anilines is 1. The molecule has 0 saturated carbocycles. The van der Waals surface area contributed by atoms with Gasteiger partial charge in [-0.3, -0.25) is 14.2 Å². The minimum Gasteiger partial charge on any atom is -0.367 e. The van der Waals surface area contributed by atoms with Crippen molar-refractivity contribution >= 4 is 16.9 Å². The molecule has 0 radical (unpaired) electrons. The highest BCUT2D eigenvalue weighted by Crippen LogP contribution is 2.24. The maximum atomic E-state index is 13.1. The minimum absolute atomic E-state index is 0.0980. The maximum absolute atomic E-state index is 13.1. The molecule has 4 aromatic rings. The van der Waals surface area contributed by atoms with Crippen molar-refractivity contribution in [2.75, 3.05) is 31.6 Å². The summed E-state index contributed by atoms with van der Waals surface area (Å²) in [7, 11) is 2.16. The lowest BCUT2D eigenvalue weighted by Gasteiger charge is -2.39. The number of likely N-dealkylation sites (N-methyl/N-ethyl adjacent to an activating group) is 1. The molecule has 0 spiro atoms. The highest BCUT2D eigenvalue weighted by atomic mass is 16.1. The zero-order chi connectivity index (χ0) is 22.6. The Bertz CT molecular complexity index is 1390. The maximum Gasteiger partial charge on any atom is 0.258 e. The van der Waals surface area contributed by atoms with E-state index in [0.29, 0.717) is 23.1 Å². The van der Waals surface area contributed by atoms with E-state index in [2.05, 4.69) is 46.8 Å². The van der Waals surface area contributed by atoms with Gasteiger partial charge in [0.25, 0.3) is 5.56 Å². The molecule has 0 bridgehead atoms. The molecule has 5 heterocycles. The lowest BCUT2D eigenvalue weighted by Crippen LogP contribution is -2.50. The molecule has 5 rings (SSSR count). The molecule has 0 unspecified atom stereocenters. The van der Waals surface area contributed by atoms with Gasteiger partial charge in [-0.25, -0.2) is 9.50 Å². The summed E-state index contributed by atoms with van der Waals surface area (Å²) in [6.07, 6.45) is 4.64. The van der Waals surface area contributed by atoms with Gasteiger partial charge >= 0.3 is 0 Å². The third kappa shape index (κ3) is 3.44. The van der Waals surface area contributed by atoms with Crippen LogP contribution < -0.4 is 10.5 Å². The quantitative estimate of drug-likeness (QED) is 0.497.